The Balaban J connectivity index is 2.19. The summed E-state index contributed by atoms with van der Waals surface area (Å²) in [5, 5.41) is 6.40. The Morgan fingerprint density at radius 2 is 2.29 bits per heavy atom. The van der Waals surface area contributed by atoms with E-state index in [1.54, 1.807) is 0 Å². The summed E-state index contributed by atoms with van der Waals surface area (Å²) in [5.41, 5.74) is 0.422. The Hall–Kier alpha value is -0.570. The highest BCUT2D eigenvalue weighted by molar-refractivity contribution is 5.75. The van der Waals surface area contributed by atoms with Gasteiger partial charge in [0.1, 0.15) is 0 Å². The van der Waals surface area contributed by atoms with Crippen LogP contribution in [0.5, 0.6) is 0 Å². The van der Waals surface area contributed by atoms with Crippen molar-refractivity contribution in [1.82, 2.24) is 10.6 Å². The summed E-state index contributed by atoms with van der Waals surface area (Å²) in [6.07, 6.45) is 2.99. The lowest BCUT2D eigenvalue weighted by molar-refractivity contribution is -0.120. The van der Waals surface area contributed by atoms with Crippen molar-refractivity contribution in [2.75, 3.05) is 13.1 Å². The van der Waals surface area contributed by atoms with Gasteiger partial charge < -0.3 is 10.6 Å². The van der Waals surface area contributed by atoms with Crippen LogP contribution in [0.2, 0.25) is 0 Å². The van der Waals surface area contributed by atoms with E-state index in [0.29, 0.717) is 17.9 Å². The molecule has 1 rings (SSSR count). The summed E-state index contributed by atoms with van der Waals surface area (Å²) in [7, 11) is 0. The van der Waals surface area contributed by atoms with Crippen molar-refractivity contribution in [1.29, 1.82) is 0 Å². The molecule has 1 atom stereocenters. The Kier molecular flexibility index (Phi) is 3.93. The first kappa shape index (κ1) is 11.5. The van der Waals surface area contributed by atoms with Gasteiger partial charge in [-0.15, -0.1) is 0 Å². The highest BCUT2D eigenvalue weighted by atomic mass is 16.1. The normalized spacial score (nSPS) is 25.8. The minimum atomic E-state index is 0.150. The predicted octanol–water partition coefficient (Wildman–Crippen LogP) is 1.29. The van der Waals surface area contributed by atoms with Gasteiger partial charge in [-0.1, -0.05) is 20.8 Å². The van der Waals surface area contributed by atoms with E-state index in [1.165, 1.54) is 6.42 Å². The molecule has 1 aliphatic rings. The van der Waals surface area contributed by atoms with Crippen LogP contribution in [0.1, 0.15) is 40.0 Å². The zero-order valence-corrected chi connectivity index (χ0v) is 9.52. The van der Waals surface area contributed by atoms with Crippen LogP contribution in [0.25, 0.3) is 0 Å². The van der Waals surface area contributed by atoms with Gasteiger partial charge in [0.25, 0.3) is 0 Å². The molecule has 14 heavy (non-hydrogen) atoms. The van der Waals surface area contributed by atoms with Crippen LogP contribution in [-0.4, -0.2) is 25.0 Å². The lowest BCUT2D eigenvalue weighted by Gasteiger charge is -2.35. The van der Waals surface area contributed by atoms with Gasteiger partial charge in [-0.25, -0.2) is 0 Å². The van der Waals surface area contributed by atoms with Gasteiger partial charge in [0.2, 0.25) is 5.91 Å². The molecule has 0 aromatic rings. The lowest BCUT2D eigenvalue weighted by atomic mass is 9.82. The quantitative estimate of drug-likeness (QED) is 0.717. The van der Waals surface area contributed by atoms with Crippen LogP contribution in [0.3, 0.4) is 0 Å². The molecule has 3 nitrogen and oxygen atoms in total. The molecule has 0 bridgehead atoms. The highest BCUT2D eigenvalue weighted by Crippen LogP contribution is 2.25. The topological polar surface area (TPSA) is 41.1 Å². The maximum absolute atomic E-state index is 11.0. The van der Waals surface area contributed by atoms with E-state index in [4.69, 9.17) is 0 Å². The fourth-order valence-corrected chi connectivity index (χ4v) is 1.71. The predicted molar refractivity (Wildman–Crippen MR) is 58.1 cm³/mol. The molecule has 1 aliphatic heterocycles. The minimum Gasteiger partial charge on any atom is -0.355 e. The number of nitrogens with one attached hydrogen (secondary N) is 2. The molecular formula is C11H22N2O. The van der Waals surface area contributed by atoms with Crippen LogP contribution in [0, 0.1) is 5.41 Å². The maximum atomic E-state index is 11.0. The number of carbonyl (C=O) groups excluding carboxylic acids is 1. The Bertz CT molecular complexity index is 191. The van der Waals surface area contributed by atoms with Gasteiger partial charge >= 0.3 is 0 Å². The second kappa shape index (κ2) is 4.78. The van der Waals surface area contributed by atoms with Gasteiger partial charge in [0, 0.05) is 25.6 Å². The van der Waals surface area contributed by atoms with Crippen LogP contribution in [-0.2, 0) is 4.79 Å². The smallest absolute Gasteiger partial charge is 0.219 e. The molecule has 3 heteroatoms. The number of hydrogen-bond donors (Lipinski definition) is 2. The van der Waals surface area contributed by atoms with Crippen molar-refractivity contribution in [3.8, 4) is 0 Å². The van der Waals surface area contributed by atoms with Crippen LogP contribution in [0.15, 0.2) is 0 Å². The molecule has 0 spiro atoms. The highest BCUT2D eigenvalue weighted by Gasteiger charge is 2.26. The minimum absolute atomic E-state index is 0.150. The zero-order chi connectivity index (χ0) is 10.6. The summed E-state index contributed by atoms with van der Waals surface area (Å²) in [6.45, 7) is 8.27. The largest absolute Gasteiger partial charge is 0.355 e. The van der Waals surface area contributed by atoms with Gasteiger partial charge in [-0.3, -0.25) is 4.79 Å². The van der Waals surface area contributed by atoms with Gasteiger partial charge in [-0.05, 0) is 18.3 Å². The SMILES string of the molecule is CCC(=O)NCC1CCC(C)(C)CN1. The van der Waals surface area contributed by atoms with Crippen LogP contribution < -0.4 is 10.6 Å². The third-order valence-electron chi connectivity index (χ3n) is 2.91. The molecule has 1 fully saturated rings. The first-order valence-electron chi connectivity index (χ1n) is 5.53. The van der Waals surface area contributed by atoms with E-state index in [2.05, 4.69) is 24.5 Å². The third kappa shape index (κ3) is 3.66. The second-order valence-electron chi connectivity index (χ2n) is 4.94. The molecular weight excluding hydrogens is 176 g/mol. The molecule has 0 aromatic carbocycles. The fourth-order valence-electron chi connectivity index (χ4n) is 1.71. The van der Waals surface area contributed by atoms with E-state index < -0.39 is 0 Å². The van der Waals surface area contributed by atoms with E-state index in [1.807, 2.05) is 6.92 Å². The number of piperidine rings is 1. The summed E-state index contributed by atoms with van der Waals surface area (Å²) in [4.78, 5) is 11.0. The second-order valence-corrected chi connectivity index (χ2v) is 4.94. The van der Waals surface area contributed by atoms with Gasteiger partial charge in [0.15, 0.2) is 0 Å². The molecule has 1 unspecified atom stereocenters. The maximum Gasteiger partial charge on any atom is 0.219 e. The third-order valence-corrected chi connectivity index (χ3v) is 2.91. The number of carbonyl (C=O) groups is 1. The first-order valence-corrected chi connectivity index (χ1v) is 5.53. The molecule has 1 saturated heterocycles. The number of rotatable bonds is 3. The van der Waals surface area contributed by atoms with Crippen molar-refractivity contribution < 1.29 is 4.79 Å². The fraction of sp³-hybridized carbons (Fsp3) is 0.909. The number of amides is 1. The zero-order valence-electron chi connectivity index (χ0n) is 9.52. The molecule has 0 aliphatic carbocycles. The summed E-state index contributed by atoms with van der Waals surface area (Å²) >= 11 is 0. The van der Waals surface area contributed by atoms with Crippen LogP contribution >= 0.6 is 0 Å². The van der Waals surface area contributed by atoms with Crippen molar-refractivity contribution in [2.45, 2.75) is 46.1 Å². The Morgan fingerprint density at radius 3 is 2.79 bits per heavy atom. The van der Waals surface area contributed by atoms with Crippen molar-refractivity contribution in [3.63, 3.8) is 0 Å². The summed E-state index contributed by atoms with van der Waals surface area (Å²) < 4.78 is 0. The monoisotopic (exact) mass is 198 g/mol. The Morgan fingerprint density at radius 1 is 1.57 bits per heavy atom. The first-order chi connectivity index (χ1) is 6.53. The van der Waals surface area contributed by atoms with Crippen molar-refractivity contribution in [3.05, 3.63) is 0 Å². The van der Waals surface area contributed by atoms with E-state index in [-0.39, 0.29) is 5.91 Å². The molecule has 1 amide bonds. The molecule has 0 saturated carbocycles. The van der Waals surface area contributed by atoms with Crippen molar-refractivity contribution in [2.24, 2.45) is 5.41 Å². The van der Waals surface area contributed by atoms with E-state index in [0.717, 1.165) is 19.5 Å². The van der Waals surface area contributed by atoms with Crippen molar-refractivity contribution >= 4 is 5.91 Å². The van der Waals surface area contributed by atoms with Gasteiger partial charge in [0.05, 0.1) is 0 Å². The van der Waals surface area contributed by atoms with Crippen LogP contribution in [0.4, 0.5) is 0 Å². The molecule has 82 valence electrons. The summed E-state index contributed by atoms with van der Waals surface area (Å²) in [5.74, 6) is 0.150. The van der Waals surface area contributed by atoms with E-state index in [9.17, 15) is 4.79 Å². The van der Waals surface area contributed by atoms with Gasteiger partial charge in [-0.2, -0.15) is 0 Å². The molecule has 2 N–H and O–H groups in total. The summed E-state index contributed by atoms with van der Waals surface area (Å²) in [6, 6.07) is 0.471. The molecule has 0 aromatic heterocycles. The number of hydrogen-bond acceptors (Lipinski definition) is 2. The molecule has 0 radical (unpaired) electrons. The van der Waals surface area contributed by atoms with E-state index >= 15 is 0 Å². The lowest BCUT2D eigenvalue weighted by Crippen LogP contribution is -2.48. The molecule has 1 heterocycles. The Labute approximate surface area is 86.6 Å². The average Bonchev–Trinajstić information content (AvgIpc) is 2.16. The standard InChI is InChI=1S/C11H22N2O/c1-4-10(14)12-7-9-5-6-11(2,3)8-13-9/h9,13H,4-8H2,1-3H3,(H,12,14). The average molecular weight is 198 g/mol.